The molecule has 2 aromatic heterocycles. The number of sulfonamides is 1. The van der Waals surface area contributed by atoms with E-state index < -0.39 is 16.6 Å². The molecule has 1 aromatic carbocycles. The number of aliphatic hydroxyl groups excluding tert-OH is 1. The fourth-order valence-electron chi connectivity index (χ4n) is 5.22. The van der Waals surface area contributed by atoms with Crippen LogP contribution in [0, 0.1) is 5.41 Å². The van der Waals surface area contributed by atoms with Crippen molar-refractivity contribution < 1.29 is 13.5 Å². The van der Waals surface area contributed by atoms with Crippen molar-refractivity contribution in [2.45, 2.75) is 38.5 Å². The smallest absolute Gasteiger partial charge is 0.234 e. The Morgan fingerprint density at radius 3 is 2.50 bits per heavy atom. The first-order valence-corrected chi connectivity index (χ1v) is 15.1. The summed E-state index contributed by atoms with van der Waals surface area (Å²) in [5.74, 6) is -0.337. The first-order valence-electron chi connectivity index (χ1n) is 12.6. The van der Waals surface area contributed by atoms with Crippen LogP contribution >= 0.6 is 11.3 Å². The number of nitrogens with one attached hydrogen (secondary N) is 1. The first kappa shape index (κ1) is 23.7. The van der Waals surface area contributed by atoms with Gasteiger partial charge in [0.2, 0.25) is 10.0 Å². The summed E-state index contributed by atoms with van der Waals surface area (Å²) in [6.45, 7) is 3.52. The van der Waals surface area contributed by atoms with Gasteiger partial charge in [0.15, 0.2) is 5.13 Å². The topological polar surface area (TPSA) is 116 Å². The van der Waals surface area contributed by atoms with Crippen LogP contribution in [0.25, 0.3) is 17.1 Å². The fourth-order valence-corrected chi connectivity index (χ4v) is 6.92. The van der Waals surface area contributed by atoms with E-state index in [9.17, 15) is 8.42 Å². The molecular weight excluding hydrogens is 498 g/mol. The Morgan fingerprint density at radius 1 is 1.00 bits per heavy atom. The molecule has 1 spiro atoms. The minimum Gasteiger partial charge on any atom is -0.395 e. The molecule has 1 saturated carbocycles. The SMILES string of the molecule is O=S(=O)(CCO)Nc1ccc(-n2cc(-c3csc(N4CCCC4)n3)nn2)c(N2CCC3(CC2)CC3)c1. The quantitative estimate of drug-likeness (QED) is 0.457. The molecule has 3 fully saturated rings. The molecule has 0 unspecified atom stereocenters. The van der Waals surface area contributed by atoms with Crippen LogP contribution in [-0.2, 0) is 10.0 Å². The lowest BCUT2D eigenvalue weighted by atomic mass is 9.93. The van der Waals surface area contributed by atoms with E-state index >= 15 is 0 Å². The summed E-state index contributed by atoms with van der Waals surface area (Å²) in [4.78, 5) is 9.43. The molecule has 3 aromatic rings. The molecule has 2 N–H and O–H groups in total. The maximum absolute atomic E-state index is 12.3. The van der Waals surface area contributed by atoms with E-state index in [0.717, 1.165) is 61.2 Å². The number of aromatic nitrogens is 4. The third kappa shape index (κ3) is 4.81. The van der Waals surface area contributed by atoms with Crippen molar-refractivity contribution in [2.24, 2.45) is 5.41 Å². The standard InChI is InChI=1S/C24H31N7O3S2/c32-13-14-36(33,34)27-18-3-4-21(22(15-18)29-11-7-24(5-6-24)8-12-29)31-16-19(26-28-31)20-17-35-23(25-20)30-9-1-2-10-30/h3-4,15-17,27,32H,1-2,5-14H2. The second-order valence-electron chi connectivity index (χ2n) is 10.1. The molecule has 192 valence electrons. The minimum absolute atomic E-state index is 0.337. The highest BCUT2D eigenvalue weighted by Gasteiger charge is 2.44. The third-order valence-corrected chi connectivity index (χ3v) is 9.77. The predicted octanol–water partition coefficient (Wildman–Crippen LogP) is 3.11. The van der Waals surface area contributed by atoms with Gasteiger partial charge in [-0.1, -0.05) is 5.21 Å². The summed E-state index contributed by atoms with van der Waals surface area (Å²) in [5.41, 5.74) is 4.30. The van der Waals surface area contributed by atoms with E-state index in [1.54, 1.807) is 22.1 Å². The zero-order valence-electron chi connectivity index (χ0n) is 20.1. The van der Waals surface area contributed by atoms with Crippen LogP contribution in [-0.4, -0.2) is 72.0 Å². The van der Waals surface area contributed by atoms with E-state index in [-0.39, 0.29) is 5.75 Å². The maximum atomic E-state index is 12.3. The zero-order chi connectivity index (χ0) is 24.8. The Kier molecular flexibility index (Phi) is 6.12. The molecule has 2 saturated heterocycles. The number of benzene rings is 1. The largest absolute Gasteiger partial charge is 0.395 e. The highest BCUT2D eigenvalue weighted by atomic mass is 32.2. The van der Waals surface area contributed by atoms with E-state index in [4.69, 9.17) is 10.1 Å². The summed E-state index contributed by atoms with van der Waals surface area (Å²) in [6.07, 6.45) is 9.22. The van der Waals surface area contributed by atoms with E-state index in [2.05, 4.69) is 24.8 Å². The van der Waals surface area contributed by atoms with Crippen molar-refractivity contribution in [3.05, 3.63) is 29.8 Å². The molecule has 4 heterocycles. The fraction of sp³-hybridized carbons (Fsp3) is 0.542. The summed E-state index contributed by atoms with van der Waals surface area (Å²) in [6, 6.07) is 5.48. The molecule has 0 radical (unpaired) electrons. The van der Waals surface area contributed by atoms with Gasteiger partial charge < -0.3 is 14.9 Å². The van der Waals surface area contributed by atoms with E-state index in [1.165, 1.54) is 25.7 Å². The molecular formula is C24H31N7O3S2. The number of nitrogens with zero attached hydrogens (tertiary/aromatic N) is 6. The van der Waals surface area contributed by atoms with Gasteiger partial charge in [0, 0.05) is 31.6 Å². The van der Waals surface area contributed by atoms with Crippen molar-refractivity contribution in [3.63, 3.8) is 0 Å². The average molecular weight is 530 g/mol. The Balaban J connectivity index is 1.30. The van der Waals surface area contributed by atoms with Crippen molar-refractivity contribution in [2.75, 3.05) is 53.1 Å². The monoisotopic (exact) mass is 529 g/mol. The molecule has 0 amide bonds. The second-order valence-corrected chi connectivity index (χ2v) is 12.8. The Hall–Kier alpha value is -2.70. The summed E-state index contributed by atoms with van der Waals surface area (Å²) < 4.78 is 28.9. The summed E-state index contributed by atoms with van der Waals surface area (Å²) >= 11 is 1.64. The van der Waals surface area contributed by atoms with Crippen molar-refractivity contribution >= 4 is 37.9 Å². The molecule has 6 rings (SSSR count). The maximum Gasteiger partial charge on any atom is 0.234 e. The number of hydrogen-bond donors (Lipinski definition) is 2. The lowest BCUT2D eigenvalue weighted by Crippen LogP contribution is -2.35. The molecule has 1 aliphatic carbocycles. The van der Waals surface area contributed by atoms with Crippen LogP contribution in [0.15, 0.2) is 29.8 Å². The van der Waals surface area contributed by atoms with Crippen molar-refractivity contribution in [1.29, 1.82) is 0 Å². The Labute approximate surface area is 215 Å². The molecule has 12 heteroatoms. The highest BCUT2D eigenvalue weighted by molar-refractivity contribution is 7.92. The number of anilines is 3. The van der Waals surface area contributed by atoms with E-state index in [1.807, 2.05) is 23.7 Å². The van der Waals surface area contributed by atoms with Crippen molar-refractivity contribution in [1.82, 2.24) is 20.0 Å². The van der Waals surface area contributed by atoms with Crippen molar-refractivity contribution in [3.8, 4) is 17.1 Å². The normalized spacial score (nSPS) is 19.2. The Morgan fingerprint density at radius 2 is 1.78 bits per heavy atom. The minimum atomic E-state index is -3.62. The van der Waals surface area contributed by atoms with Gasteiger partial charge in [0.05, 0.1) is 35.6 Å². The van der Waals surface area contributed by atoms with Crippen LogP contribution in [0.1, 0.15) is 38.5 Å². The zero-order valence-corrected chi connectivity index (χ0v) is 21.8. The molecule has 2 aliphatic heterocycles. The number of rotatable bonds is 8. The van der Waals surface area contributed by atoms with Gasteiger partial charge >= 0.3 is 0 Å². The van der Waals surface area contributed by atoms with Gasteiger partial charge in [0.25, 0.3) is 0 Å². The molecule has 3 aliphatic rings. The molecule has 0 atom stereocenters. The molecule has 36 heavy (non-hydrogen) atoms. The summed E-state index contributed by atoms with van der Waals surface area (Å²) in [7, 11) is -3.62. The summed E-state index contributed by atoms with van der Waals surface area (Å²) in [5, 5.41) is 21.0. The average Bonchev–Trinajstić information content (AvgIpc) is 3.35. The predicted molar refractivity (Wildman–Crippen MR) is 142 cm³/mol. The van der Waals surface area contributed by atoms with Crippen LogP contribution in [0.3, 0.4) is 0 Å². The Bertz CT molecular complexity index is 1330. The number of hydrogen-bond acceptors (Lipinski definition) is 9. The van der Waals surface area contributed by atoms with Crippen LogP contribution in [0.4, 0.5) is 16.5 Å². The number of thiazole rings is 1. The molecule has 0 bridgehead atoms. The van der Waals surface area contributed by atoms with E-state index in [0.29, 0.717) is 16.8 Å². The van der Waals surface area contributed by atoms with Gasteiger partial charge in [-0.05, 0) is 62.1 Å². The van der Waals surface area contributed by atoms with Gasteiger partial charge in [-0.15, -0.1) is 16.4 Å². The second kappa shape index (κ2) is 9.31. The van der Waals surface area contributed by atoms with Crippen LogP contribution in [0.5, 0.6) is 0 Å². The lowest BCUT2D eigenvalue weighted by molar-refractivity contribution is 0.320. The lowest BCUT2D eigenvalue weighted by Gasteiger charge is -2.35. The van der Waals surface area contributed by atoms with Crippen LogP contribution < -0.4 is 14.5 Å². The van der Waals surface area contributed by atoms with Gasteiger partial charge in [0.1, 0.15) is 11.4 Å². The van der Waals surface area contributed by atoms with Crippen LogP contribution in [0.2, 0.25) is 0 Å². The number of piperidine rings is 1. The van der Waals surface area contributed by atoms with Gasteiger partial charge in [-0.25, -0.2) is 18.1 Å². The highest BCUT2D eigenvalue weighted by Crippen LogP contribution is 2.54. The van der Waals surface area contributed by atoms with Gasteiger partial charge in [-0.2, -0.15) is 0 Å². The molecule has 10 nitrogen and oxygen atoms in total. The first-order chi connectivity index (χ1) is 17.4. The number of aliphatic hydroxyl groups is 1. The third-order valence-electron chi connectivity index (χ3n) is 7.60. The van der Waals surface area contributed by atoms with Gasteiger partial charge in [-0.3, -0.25) is 4.72 Å².